The van der Waals surface area contributed by atoms with Crippen LogP contribution in [0.15, 0.2) is 36.5 Å². The molecule has 2 aromatic rings. The van der Waals surface area contributed by atoms with Crippen molar-refractivity contribution in [3.05, 3.63) is 42.2 Å². The van der Waals surface area contributed by atoms with Crippen LogP contribution in [0, 0.1) is 0 Å². The predicted octanol–water partition coefficient (Wildman–Crippen LogP) is 1.32. The first-order chi connectivity index (χ1) is 10.3. The first-order valence-corrected chi connectivity index (χ1v) is 7.03. The fourth-order valence-corrected chi connectivity index (χ4v) is 2.38. The molecule has 110 valence electrons. The lowest BCUT2D eigenvalue weighted by molar-refractivity contribution is 0.0735. The molecule has 0 radical (unpaired) electrons. The van der Waals surface area contributed by atoms with E-state index in [4.69, 9.17) is 10.5 Å². The molecule has 0 saturated carbocycles. The average Bonchev–Trinajstić information content (AvgIpc) is 2.82. The van der Waals surface area contributed by atoms with Crippen LogP contribution in [0.5, 0.6) is 0 Å². The summed E-state index contributed by atoms with van der Waals surface area (Å²) in [7, 11) is 0. The largest absolute Gasteiger partial charge is 0.397 e. The Hall–Kier alpha value is -2.34. The van der Waals surface area contributed by atoms with Crippen molar-refractivity contribution in [2.45, 2.75) is 6.42 Å². The molecule has 1 aromatic carbocycles. The Balaban J connectivity index is 1.81. The number of ether oxygens (including phenoxy) is 1. The van der Waals surface area contributed by atoms with Crippen molar-refractivity contribution in [3.8, 4) is 5.69 Å². The van der Waals surface area contributed by atoms with Gasteiger partial charge in [0.15, 0.2) is 5.69 Å². The van der Waals surface area contributed by atoms with E-state index in [-0.39, 0.29) is 5.91 Å². The van der Waals surface area contributed by atoms with Gasteiger partial charge in [-0.1, -0.05) is 12.1 Å². The van der Waals surface area contributed by atoms with Gasteiger partial charge in [0.25, 0.3) is 5.91 Å². The summed E-state index contributed by atoms with van der Waals surface area (Å²) in [5.74, 6) is -0.0613. The van der Waals surface area contributed by atoms with Gasteiger partial charge in [-0.05, 0) is 24.6 Å². The molecular weight excluding hydrogens is 268 g/mol. The van der Waals surface area contributed by atoms with Gasteiger partial charge in [-0.15, -0.1) is 0 Å². The quantitative estimate of drug-likeness (QED) is 0.845. The highest BCUT2D eigenvalue weighted by Crippen LogP contribution is 2.16. The van der Waals surface area contributed by atoms with Gasteiger partial charge in [0.2, 0.25) is 0 Å². The van der Waals surface area contributed by atoms with Gasteiger partial charge in [0, 0.05) is 25.9 Å². The van der Waals surface area contributed by atoms with E-state index in [1.54, 1.807) is 21.8 Å². The number of carbonyl (C=O) groups excluding carboxylic acids is 1. The molecule has 3 rings (SSSR count). The highest BCUT2D eigenvalue weighted by Gasteiger charge is 2.20. The molecule has 0 bridgehead atoms. The number of carbonyl (C=O) groups is 1. The Morgan fingerprint density at radius 1 is 1.19 bits per heavy atom. The van der Waals surface area contributed by atoms with Crippen molar-refractivity contribution in [2.24, 2.45) is 0 Å². The van der Waals surface area contributed by atoms with Crippen LogP contribution in [0.4, 0.5) is 5.69 Å². The van der Waals surface area contributed by atoms with E-state index in [1.165, 1.54) is 0 Å². The van der Waals surface area contributed by atoms with Crippen molar-refractivity contribution in [2.75, 3.05) is 32.0 Å². The minimum atomic E-state index is -0.0613. The first kappa shape index (κ1) is 13.6. The predicted molar refractivity (Wildman–Crippen MR) is 79.3 cm³/mol. The molecule has 1 aromatic heterocycles. The van der Waals surface area contributed by atoms with E-state index in [2.05, 4.69) is 5.10 Å². The van der Waals surface area contributed by atoms with Gasteiger partial charge in [0.1, 0.15) is 0 Å². The zero-order valence-corrected chi connectivity index (χ0v) is 11.7. The standard InChI is InChI=1S/C15H18N4O2/c16-12-4-1-2-5-14(12)19-8-6-13(17-19)15(20)18-7-3-10-21-11-9-18/h1-2,4-6,8H,3,7,9-11,16H2. The molecule has 0 aliphatic carbocycles. The third-order valence-corrected chi connectivity index (χ3v) is 3.50. The Labute approximate surface area is 123 Å². The maximum Gasteiger partial charge on any atom is 0.274 e. The summed E-state index contributed by atoms with van der Waals surface area (Å²) in [6, 6.07) is 9.16. The summed E-state index contributed by atoms with van der Waals surface area (Å²) < 4.78 is 7.00. The molecule has 21 heavy (non-hydrogen) atoms. The third kappa shape index (κ3) is 2.90. The van der Waals surface area contributed by atoms with Crippen LogP contribution in [-0.4, -0.2) is 46.9 Å². The zero-order valence-electron chi connectivity index (χ0n) is 11.7. The first-order valence-electron chi connectivity index (χ1n) is 7.03. The molecule has 1 saturated heterocycles. The van der Waals surface area contributed by atoms with Crippen LogP contribution in [0.25, 0.3) is 5.69 Å². The number of nitrogen functional groups attached to an aromatic ring is 1. The van der Waals surface area contributed by atoms with E-state index in [9.17, 15) is 4.79 Å². The third-order valence-electron chi connectivity index (χ3n) is 3.50. The normalized spacial score (nSPS) is 15.7. The van der Waals surface area contributed by atoms with Crippen LogP contribution >= 0.6 is 0 Å². The van der Waals surface area contributed by atoms with Crippen molar-refractivity contribution in [1.82, 2.24) is 14.7 Å². The molecule has 1 aliphatic rings. The minimum Gasteiger partial charge on any atom is -0.397 e. The molecule has 2 heterocycles. The van der Waals surface area contributed by atoms with E-state index >= 15 is 0 Å². The van der Waals surface area contributed by atoms with Gasteiger partial charge in [-0.3, -0.25) is 4.79 Å². The molecule has 1 fully saturated rings. The number of hydrogen-bond acceptors (Lipinski definition) is 4. The smallest absolute Gasteiger partial charge is 0.274 e. The summed E-state index contributed by atoms with van der Waals surface area (Å²) >= 11 is 0. The molecule has 1 amide bonds. The number of hydrogen-bond donors (Lipinski definition) is 1. The van der Waals surface area contributed by atoms with Gasteiger partial charge in [-0.25, -0.2) is 4.68 Å². The van der Waals surface area contributed by atoms with E-state index in [0.717, 1.165) is 12.1 Å². The van der Waals surface area contributed by atoms with Gasteiger partial charge in [0.05, 0.1) is 18.0 Å². The summed E-state index contributed by atoms with van der Waals surface area (Å²) in [5.41, 5.74) is 7.76. The Morgan fingerprint density at radius 3 is 2.90 bits per heavy atom. The number of nitrogens with two attached hydrogens (primary N) is 1. The Morgan fingerprint density at radius 2 is 2.05 bits per heavy atom. The highest BCUT2D eigenvalue weighted by molar-refractivity contribution is 5.92. The number of anilines is 1. The van der Waals surface area contributed by atoms with E-state index in [0.29, 0.717) is 37.7 Å². The van der Waals surface area contributed by atoms with Crippen LogP contribution in [0.3, 0.4) is 0 Å². The highest BCUT2D eigenvalue weighted by atomic mass is 16.5. The molecule has 6 nitrogen and oxygen atoms in total. The number of para-hydroxylation sites is 2. The topological polar surface area (TPSA) is 73.4 Å². The lowest BCUT2D eigenvalue weighted by atomic mass is 10.3. The minimum absolute atomic E-state index is 0.0613. The van der Waals surface area contributed by atoms with E-state index < -0.39 is 0 Å². The Kier molecular flexibility index (Phi) is 3.87. The van der Waals surface area contributed by atoms with Gasteiger partial charge in [-0.2, -0.15) is 5.10 Å². The number of benzene rings is 1. The fraction of sp³-hybridized carbons (Fsp3) is 0.333. The number of rotatable bonds is 2. The summed E-state index contributed by atoms with van der Waals surface area (Å²) in [4.78, 5) is 14.2. The second kappa shape index (κ2) is 5.97. The van der Waals surface area contributed by atoms with Crippen LogP contribution in [0.2, 0.25) is 0 Å². The van der Waals surface area contributed by atoms with Crippen LogP contribution < -0.4 is 5.73 Å². The van der Waals surface area contributed by atoms with Gasteiger partial charge < -0.3 is 15.4 Å². The van der Waals surface area contributed by atoms with Crippen LogP contribution in [0.1, 0.15) is 16.9 Å². The zero-order chi connectivity index (χ0) is 14.7. The molecule has 0 spiro atoms. The monoisotopic (exact) mass is 286 g/mol. The van der Waals surface area contributed by atoms with Gasteiger partial charge >= 0.3 is 0 Å². The number of aromatic nitrogens is 2. The lowest BCUT2D eigenvalue weighted by Gasteiger charge is -2.18. The fourth-order valence-electron chi connectivity index (χ4n) is 2.38. The SMILES string of the molecule is Nc1ccccc1-n1ccc(C(=O)N2CCCOCC2)n1. The van der Waals surface area contributed by atoms with Crippen molar-refractivity contribution in [1.29, 1.82) is 0 Å². The molecule has 2 N–H and O–H groups in total. The molecule has 6 heteroatoms. The maximum absolute atomic E-state index is 12.4. The van der Waals surface area contributed by atoms with Crippen LogP contribution in [-0.2, 0) is 4.74 Å². The molecule has 1 aliphatic heterocycles. The average molecular weight is 286 g/mol. The second-order valence-electron chi connectivity index (χ2n) is 4.96. The second-order valence-corrected chi connectivity index (χ2v) is 4.96. The summed E-state index contributed by atoms with van der Waals surface area (Å²) in [6.45, 7) is 2.61. The maximum atomic E-state index is 12.4. The summed E-state index contributed by atoms with van der Waals surface area (Å²) in [6.07, 6.45) is 2.62. The number of amides is 1. The van der Waals surface area contributed by atoms with E-state index in [1.807, 2.05) is 24.3 Å². The summed E-state index contributed by atoms with van der Waals surface area (Å²) in [5, 5.41) is 4.35. The van der Waals surface area contributed by atoms with Crippen molar-refractivity contribution >= 4 is 11.6 Å². The van der Waals surface area contributed by atoms with Crippen molar-refractivity contribution < 1.29 is 9.53 Å². The molecule has 0 atom stereocenters. The molecular formula is C15H18N4O2. The Bertz CT molecular complexity index is 630. The molecule has 0 unspecified atom stereocenters. The number of nitrogens with zero attached hydrogens (tertiary/aromatic N) is 3. The van der Waals surface area contributed by atoms with Crippen molar-refractivity contribution in [3.63, 3.8) is 0 Å². The lowest BCUT2D eigenvalue weighted by Crippen LogP contribution is -2.33.